The van der Waals surface area contributed by atoms with E-state index in [1.54, 1.807) is 7.11 Å². The summed E-state index contributed by atoms with van der Waals surface area (Å²) in [6.07, 6.45) is 3.64. The van der Waals surface area contributed by atoms with Gasteiger partial charge in [-0.1, -0.05) is 6.07 Å². The first kappa shape index (κ1) is 12.8. The van der Waals surface area contributed by atoms with Gasteiger partial charge in [0.15, 0.2) is 0 Å². The van der Waals surface area contributed by atoms with Crippen molar-refractivity contribution in [3.8, 4) is 5.75 Å². The van der Waals surface area contributed by atoms with Crippen LogP contribution in [0.5, 0.6) is 5.75 Å². The van der Waals surface area contributed by atoms with Crippen molar-refractivity contribution in [2.75, 3.05) is 32.1 Å². The number of likely N-dealkylation sites (tertiary alicyclic amines) is 1. The first-order valence-electron chi connectivity index (χ1n) is 7.02. The number of ether oxygens (including phenoxy) is 1. The van der Waals surface area contributed by atoms with Gasteiger partial charge >= 0.3 is 0 Å². The number of benzene rings is 1. The molecule has 0 radical (unpaired) electrons. The van der Waals surface area contributed by atoms with E-state index in [1.807, 2.05) is 24.3 Å². The fourth-order valence-electron chi connectivity index (χ4n) is 2.93. The number of rotatable bonds is 5. The van der Waals surface area contributed by atoms with Crippen molar-refractivity contribution in [2.24, 2.45) is 0 Å². The predicted molar refractivity (Wildman–Crippen MR) is 75.6 cm³/mol. The van der Waals surface area contributed by atoms with E-state index >= 15 is 0 Å². The molecular formula is C15H22N2O2. The number of methoxy groups -OCH3 is 1. The predicted octanol–water partition coefficient (Wildman–Crippen LogP) is 1.71. The van der Waals surface area contributed by atoms with Gasteiger partial charge in [-0.3, -0.25) is 4.90 Å². The summed E-state index contributed by atoms with van der Waals surface area (Å²) in [5.41, 5.74) is 0.820. The molecule has 1 atom stereocenters. The molecule has 0 amide bonds. The fourth-order valence-corrected chi connectivity index (χ4v) is 2.93. The molecule has 1 heterocycles. The summed E-state index contributed by atoms with van der Waals surface area (Å²) >= 11 is 0. The summed E-state index contributed by atoms with van der Waals surface area (Å²) in [4.78, 5) is 2.50. The number of hydrogen-bond acceptors (Lipinski definition) is 4. The molecule has 4 nitrogen and oxygen atoms in total. The van der Waals surface area contributed by atoms with Crippen LogP contribution in [0.2, 0.25) is 0 Å². The van der Waals surface area contributed by atoms with Crippen molar-refractivity contribution in [3.63, 3.8) is 0 Å². The molecule has 4 heteroatoms. The molecule has 1 saturated carbocycles. The van der Waals surface area contributed by atoms with Crippen LogP contribution in [0, 0.1) is 0 Å². The van der Waals surface area contributed by atoms with E-state index in [9.17, 15) is 5.11 Å². The van der Waals surface area contributed by atoms with Crippen molar-refractivity contribution in [3.05, 3.63) is 24.3 Å². The van der Waals surface area contributed by atoms with E-state index in [0.29, 0.717) is 0 Å². The second-order valence-electron chi connectivity index (χ2n) is 5.75. The highest BCUT2D eigenvalue weighted by Gasteiger charge is 2.42. The fraction of sp³-hybridized carbons (Fsp3) is 0.600. The Hall–Kier alpha value is -1.26. The third-order valence-electron chi connectivity index (χ3n) is 4.23. The number of nitrogens with one attached hydrogen (secondary N) is 1. The molecule has 1 aliphatic carbocycles. The molecule has 19 heavy (non-hydrogen) atoms. The lowest BCUT2D eigenvalue weighted by molar-refractivity contribution is 0.205. The zero-order valence-electron chi connectivity index (χ0n) is 11.4. The Bertz CT molecular complexity index is 448. The van der Waals surface area contributed by atoms with Gasteiger partial charge in [0.2, 0.25) is 0 Å². The van der Waals surface area contributed by atoms with Crippen LogP contribution in [-0.2, 0) is 0 Å². The zero-order chi connectivity index (χ0) is 13.3. The summed E-state index contributed by atoms with van der Waals surface area (Å²) in [6.45, 7) is 2.20. The molecule has 1 saturated heterocycles. The molecule has 2 aliphatic rings. The molecule has 2 fully saturated rings. The van der Waals surface area contributed by atoms with E-state index < -0.39 is 0 Å². The smallest absolute Gasteiger partial charge is 0.120 e. The lowest BCUT2D eigenvalue weighted by Crippen LogP contribution is -2.45. The van der Waals surface area contributed by atoms with Gasteiger partial charge in [0.1, 0.15) is 5.75 Å². The largest absolute Gasteiger partial charge is 0.497 e. The Labute approximate surface area is 114 Å². The lowest BCUT2D eigenvalue weighted by Gasteiger charge is -2.30. The molecule has 2 N–H and O–H groups in total. The maximum atomic E-state index is 9.80. The van der Waals surface area contributed by atoms with Crippen LogP contribution in [0.15, 0.2) is 24.3 Å². The number of anilines is 1. The minimum absolute atomic E-state index is 0.174. The molecule has 1 aromatic rings. The number of aliphatic hydroxyl groups is 1. The Kier molecular flexibility index (Phi) is 3.37. The summed E-state index contributed by atoms with van der Waals surface area (Å²) < 4.78 is 5.24. The normalized spacial score (nSPS) is 27.5. The average molecular weight is 262 g/mol. The van der Waals surface area contributed by atoms with Gasteiger partial charge in [0.25, 0.3) is 0 Å². The van der Waals surface area contributed by atoms with E-state index in [1.165, 1.54) is 12.8 Å². The number of hydrogen-bond donors (Lipinski definition) is 2. The number of aliphatic hydroxyl groups excluding tert-OH is 1. The standard InChI is InChI=1S/C15H22N2O2/c1-19-14-4-2-3-12(9-14)16-15(11-18)7-8-17(10-15)13-5-6-13/h2-4,9,13,16,18H,5-8,10-11H2,1H3. The van der Waals surface area contributed by atoms with Crippen LogP contribution < -0.4 is 10.1 Å². The van der Waals surface area contributed by atoms with Gasteiger partial charge in [-0.2, -0.15) is 0 Å². The minimum atomic E-state index is -0.199. The topological polar surface area (TPSA) is 44.7 Å². The molecule has 0 spiro atoms. The van der Waals surface area contributed by atoms with E-state index in [0.717, 1.165) is 37.0 Å². The van der Waals surface area contributed by atoms with Gasteiger partial charge in [-0.05, 0) is 31.4 Å². The van der Waals surface area contributed by atoms with Gasteiger partial charge in [-0.25, -0.2) is 0 Å². The third kappa shape index (κ3) is 2.69. The lowest BCUT2D eigenvalue weighted by atomic mass is 9.99. The summed E-state index contributed by atoms with van der Waals surface area (Å²) in [5.74, 6) is 0.843. The molecule has 0 bridgehead atoms. The minimum Gasteiger partial charge on any atom is -0.497 e. The Balaban J connectivity index is 1.71. The zero-order valence-corrected chi connectivity index (χ0v) is 11.4. The van der Waals surface area contributed by atoms with Crippen molar-refractivity contribution in [1.29, 1.82) is 0 Å². The molecule has 1 aromatic carbocycles. The van der Waals surface area contributed by atoms with E-state index in [2.05, 4.69) is 10.2 Å². The van der Waals surface area contributed by atoms with Crippen molar-refractivity contribution >= 4 is 5.69 Å². The quantitative estimate of drug-likeness (QED) is 0.848. The van der Waals surface area contributed by atoms with Crippen molar-refractivity contribution in [1.82, 2.24) is 4.90 Å². The third-order valence-corrected chi connectivity index (χ3v) is 4.23. The Morgan fingerprint density at radius 3 is 3.00 bits per heavy atom. The Morgan fingerprint density at radius 1 is 1.47 bits per heavy atom. The Morgan fingerprint density at radius 2 is 2.32 bits per heavy atom. The van der Waals surface area contributed by atoms with Gasteiger partial charge in [0, 0.05) is 30.9 Å². The van der Waals surface area contributed by atoms with Gasteiger partial charge in [0.05, 0.1) is 19.3 Å². The van der Waals surface area contributed by atoms with Crippen molar-refractivity contribution in [2.45, 2.75) is 30.8 Å². The highest BCUT2D eigenvalue weighted by Crippen LogP contribution is 2.35. The molecule has 3 rings (SSSR count). The average Bonchev–Trinajstić information content (AvgIpc) is 3.21. The molecule has 0 aromatic heterocycles. The molecular weight excluding hydrogens is 240 g/mol. The monoisotopic (exact) mass is 262 g/mol. The van der Waals surface area contributed by atoms with Gasteiger partial charge < -0.3 is 15.2 Å². The van der Waals surface area contributed by atoms with E-state index in [-0.39, 0.29) is 12.1 Å². The van der Waals surface area contributed by atoms with Crippen LogP contribution in [0.1, 0.15) is 19.3 Å². The van der Waals surface area contributed by atoms with E-state index in [4.69, 9.17) is 4.74 Å². The van der Waals surface area contributed by atoms with Crippen LogP contribution in [0.4, 0.5) is 5.69 Å². The van der Waals surface area contributed by atoms with Crippen LogP contribution in [0.3, 0.4) is 0 Å². The van der Waals surface area contributed by atoms with Gasteiger partial charge in [-0.15, -0.1) is 0 Å². The van der Waals surface area contributed by atoms with Crippen LogP contribution in [0.25, 0.3) is 0 Å². The first-order valence-corrected chi connectivity index (χ1v) is 7.02. The molecule has 1 unspecified atom stereocenters. The SMILES string of the molecule is COc1cccc(NC2(CO)CCN(C3CC3)C2)c1. The second kappa shape index (κ2) is 5.02. The number of nitrogens with zero attached hydrogens (tertiary/aromatic N) is 1. The highest BCUT2D eigenvalue weighted by molar-refractivity contribution is 5.50. The van der Waals surface area contributed by atoms with Crippen LogP contribution >= 0.6 is 0 Å². The maximum absolute atomic E-state index is 9.80. The highest BCUT2D eigenvalue weighted by atomic mass is 16.5. The first-order chi connectivity index (χ1) is 9.24. The summed E-state index contributed by atoms with van der Waals surface area (Å²) in [7, 11) is 1.67. The second-order valence-corrected chi connectivity index (χ2v) is 5.75. The van der Waals surface area contributed by atoms with Crippen LogP contribution in [-0.4, -0.2) is 48.4 Å². The summed E-state index contributed by atoms with van der Waals surface area (Å²) in [5, 5.41) is 13.3. The maximum Gasteiger partial charge on any atom is 0.120 e. The molecule has 104 valence electrons. The summed E-state index contributed by atoms with van der Waals surface area (Å²) in [6, 6.07) is 8.68. The van der Waals surface area contributed by atoms with Crippen molar-refractivity contribution < 1.29 is 9.84 Å². The molecule has 1 aliphatic heterocycles.